The molecule has 2 aromatic carbocycles. The zero-order valence-corrected chi connectivity index (χ0v) is 13.5. The van der Waals surface area contributed by atoms with Crippen molar-refractivity contribution in [1.82, 2.24) is 10.3 Å². The Morgan fingerprint density at radius 3 is 2.58 bits per heavy atom. The van der Waals surface area contributed by atoms with Crippen LogP contribution in [0, 0.1) is 0 Å². The fourth-order valence-corrected chi connectivity index (χ4v) is 2.37. The number of hydrogen-bond acceptors (Lipinski definition) is 3. The quantitative estimate of drug-likeness (QED) is 0.747. The predicted octanol–water partition coefficient (Wildman–Crippen LogP) is 4.46. The Bertz CT molecular complexity index is 838. The first kappa shape index (κ1) is 16.0. The van der Waals surface area contributed by atoms with E-state index in [4.69, 9.17) is 16.3 Å². The lowest BCUT2D eigenvalue weighted by Crippen LogP contribution is -2.23. The van der Waals surface area contributed by atoms with Crippen molar-refractivity contribution >= 4 is 17.5 Å². The summed E-state index contributed by atoms with van der Waals surface area (Å²) in [5.74, 6) is 0.968. The molecule has 24 heavy (non-hydrogen) atoms. The smallest absolute Gasteiger partial charge is 0.253 e. The number of aromatic nitrogens is 1. The van der Waals surface area contributed by atoms with Gasteiger partial charge in [-0.1, -0.05) is 41.9 Å². The van der Waals surface area contributed by atoms with E-state index < -0.39 is 0 Å². The Labute approximate surface area is 145 Å². The van der Waals surface area contributed by atoms with Gasteiger partial charge in [0.2, 0.25) is 5.88 Å². The van der Waals surface area contributed by atoms with Crippen molar-refractivity contribution in [2.45, 2.75) is 6.54 Å². The lowest BCUT2D eigenvalue weighted by Gasteiger charge is -2.08. The number of carbonyl (C=O) groups is 1. The minimum atomic E-state index is -0.220. The lowest BCUT2D eigenvalue weighted by molar-refractivity contribution is 0.0951. The highest BCUT2D eigenvalue weighted by atomic mass is 35.5. The molecular formula is C19H15ClN2O2. The largest absolute Gasteiger partial charge is 0.439 e. The van der Waals surface area contributed by atoms with E-state index in [1.54, 1.807) is 36.5 Å². The van der Waals surface area contributed by atoms with Crippen molar-refractivity contribution < 1.29 is 9.53 Å². The van der Waals surface area contributed by atoms with E-state index >= 15 is 0 Å². The predicted molar refractivity (Wildman–Crippen MR) is 93.4 cm³/mol. The molecule has 1 N–H and O–H groups in total. The van der Waals surface area contributed by atoms with Crippen LogP contribution in [0.25, 0.3) is 0 Å². The lowest BCUT2D eigenvalue weighted by atomic mass is 10.2. The van der Waals surface area contributed by atoms with Crippen LogP contribution in [0.5, 0.6) is 11.6 Å². The average molecular weight is 339 g/mol. The molecule has 120 valence electrons. The molecule has 3 aromatic rings. The summed E-state index contributed by atoms with van der Waals surface area (Å²) >= 11 is 6.03. The molecule has 0 aliphatic carbocycles. The Balaban J connectivity index is 1.65. The summed E-state index contributed by atoms with van der Waals surface area (Å²) in [6, 6.07) is 20.0. The summed E-state index contributed by atoms with van der Waals surface area (Å²) in [7, 11) is 0. The van der Waals surface area contributed by atoms with E-state index in [1.165, 1.54) is 0 Å². The van der Waals surface area contributed by atoms with E-state index in [-0.39, 0.29) is 5.91 Å². The number of rotatable bonds is 5. The molecule has 0 aliphatic heterocycles. The van der Waals surface area contributed by atoms with Crippen LogP contribution < -0.4 is 10.1 Å². The van der Waals surface area contributed by atoms with Crippen LogP contribution in [0.15, 0.2) is 72.9 Å². The van der Waals surface area contributed by atoms with Gasteiger partial charge in [-0.15, -0.1) is 0 Å². The highest BCUT2D eigenvalue weighted by Gasteiger charge is 2.09. The number of ether oxygens (including phenoxy) is 1. The van der Waals surface area contributed by atoms with E-state index in [0.717, 1.165) is 5.56 Å². The number of carbonyl (C=O) groups excluding carboxylic acids is 1. The van der Waals surface area contributed by atoms with E-state index in [0.29, 0.717) is 28.8 Å². The third-order valence-corrected chi connectivity index (χ3v) is 3.67. The van der Waals surface area contributed by atoms with Crippen molar-refractivity contribution in [1.29, 1.82) is 0 Å². The molecule has 0 unspecified atom stereocenters. The SMILES string of the molecule is O=C(NCc1ccnc(Oc2ccccc2)c1)c1ccccc1Cl. The number of halogens is 1. The molecule has 1 aromatic heterocycles. The fourth-order valence-electron chi connectivity index (χ4n) is 2.15. The zero-order valence-electron chi connectivity index (χ0n) is 12.8. The number of hydrogen-bond donors (Lipinski definition) is 1. The normalized spacial score (nSPS) is 10.2. The average Bonchev–Trinajstić information content (AvgIpc) is 2.61. The molecule has 3 rings (SSSR count). The zero-order chi connectivity index (χ0) is 16.8. The summed E-state index contributed by atoms with van der Waals surface area (Å²) in [6.45, 7) is 0.359. The number of nitrogens with one attached hydrogen (secondary N) is 1. The van der Waals surface area contributed by atoms with Crippen molar-refractivity contribution in [3.8, 4) is 11.6 Å². The van der Waals surface area contributed by atoms with Gasteiger partial charge < -0.3 is 10.1 Å². The highest BCUT2D eigenvalue weighted by molar-refractivity contribution is 6.33. The van der Waals surface area contributed by atoms with Gasteiger partial charge in [0, 0.05) is 18.8 Å². The Kier molecular flexibility index (Phi) is 5.08. The van der Waals surface area contributed by atoms with Gasteiger partial charge in [0.15, 0.2) is 0 Å². The van der Waals surface area contributed by atoms with Crippen LogP contribution >= 0.6 is 11.6 Å². The molecule has 0 bridgehead atoms. The van der Waals surface area contributed by atoms with E-state index in [2.05, 4.69) is 10.3 Å². The number of para-hydroxylation sites is 1. The van der Waals surface area contributed by atoms with Gasteiger partial charge in [0.05, 0.1) is 10.6 Å². The maximum Gasteiger partial charge on any atom is 0.253 e. The van der Waals surface area contributed by atoms with Gasteiger partial charge in [-0.05, 0) is 35.9 Å². The van der Waals surface area contributed by atoms with Crippen LogP contribution in [0.3, 0.4) is 0 Å². The second-order valence-corrected chi connectivity index (χ2v) is 5.49. The summed E-state index contributed by atoms with van der Waals surface area (Å²) in [4.78, 5) is 16.4. The van der Waals surface area contributed by atoms with E-state index in [9.17, 15) is 4.79 Å². The minimum absolute atomic E-state index is 0.220. The number of benzene rings is 2. The molecule has 0 atom stereocenters. The molecule has 0 radical (unpaired) electrons. The monoisotopic (exact) mass is 338 g/mol. The molecule has 4 nitrogen and oxygen atoms in total. The van der Waals surface area contributed by atoms with Crippen molar-refractivity contribution in [2.24, 2.45) is 0 Å². The molecule has 5 heteroatoms. The maximum absolute atomic E-state index is 12.2. The molecule has 0 aliphatic rings. The molecule has 0 spiro atoms. The third kappa shape index (κ3) is 4.12. The summed E-state index contributed by atoms with van der Waals surface area (Å²) < 4.78 is 5.68. The van der Waals surface area contributed by atoms with Gasteiger partial charge in [0.1, 0.15) is 5.75 Å². The summed E-state index contributed by atoms with van der Waals surface area (Å²) in [5.41, 5.74) is 1.34. The topological polar surface area (TPSA) is 51.2 Å². The fraction of sp³-hybridized carbons (Fsp3) is 0.0526. The summed E-state index contributed by atoms with van der Waals surface area (Å²) in [6.07, 6.45) is 1.65. The Morgan fingerprint density at radius 2 is 1.79 bits per heavy atom. The second kappa shape index (κ2) is 7.62. The molecule has 1 heterocycles. The highest BCUT2D eigenvalue weighted by Crippen LogP contribution is 2.19. The Morgan fingerprint density at radius 1 is 1.04 bits per heavy atom. The van der Waals surface area contributed by atoms with Crippen molar-refractivity contribution in [3.05, 3.63) is 89.1 Å². The molecule has 0 saturated carbocycles. The molecular weight excluding hydrogens is 324 g/mol. The number of amides is 1. The van der Waals surface area contributed by atoms with Gasteiger partial charge in [-0.25, -0.2) is 4.98 Å². The van der Waals surface area contributed by atoms with E-state index in [1.807, 2.05) is 36.4 Å². The molecule has 0 saturated heterocycles. The number of pyridine rings is 1. The van der Waals surface area contributed by atoms with Crippen LogP contribution in [0.4, 0.5) is 0 Å². The molecule has 0 fully saturated rings. The standard InChI is InChI=1S/C19H15ClN2O2/c20-17-9-5-4-8-16(17)19(23)22-13-14-10-11-21-18(12-14)24-15-6-2-1-3-7-15/h1-12H,13H2,(H,22,23). The maximum atomic E-state index is 12.2. The van der Waals surface area contributed by atoms with Gasteiger partial charge in [-0.2, -0.15) is 0 Å². The Hall–Kier alpha value is -2.85. The van der Waals surface area contributed by atoms with Gasteiger partial charge in [-0.3, -0.25) is 4.79 Å². The first-order chi connectivity index (χ1) is 11.7. The van der Waals surface area contributed by atoms with Gasteiger partial charge >= 0.3 is 0 Å². The van der Waals surface area contributed by atoms with Crippen LogP contribution in [0.1, 0.15) is 15.9 Å². The van der Waals surface area contributed by atoms with Gasteiger partial charge in [0.25, 0.3) is 5.91 Å². The van der Waals surface area contributed by atoms with Crippen LogP contribution in [-0.2, 0) is 6.54 Å². The van der Waals surface area contributed by atoms with Crippen molar-refractivity contribution in [3.63, 3.8) is 0 Å². The second-order valence-electron chi connectivity index (χ2n) is 5.08. The number of nitrogens with zero attached hydrogens (tertiary/aromatic N) is 1. The van der Waals surface area contributed by atoms with Crippen LogP contribution in [0.2, 0.25) is 5.02 Å². The molecule has 1 amide bonds. The minimum Gasteiger partial charge on any atom is -0.439 e. The first-order valence-electron chi connectivity index (χ1n) is 7.43. The van der Waals surface area contributed by atoms with Crippen molar-refractivity contribution in [2.75, 3.05) is 0 Å². The summed E-state index contributed by atoms with van der Waals surface area (Å²) in [5, 5.41) is 3.27. The van der Waals surface area contributed by atoms with Crippen LogP contribution in [-0.4, -0.2) is 10.9 Å². The third-order valence-electron chi connectivity index (χ3n) is 3.34. The first-order valence-corrected chi connectivity index (χ1v) is 7.81.